The minimum atomic E-state index is -0.395. The number of furan rings is 1. The van der Waals surface area contributed by atoms with Crippen molar-refractivity contribution in [3.05, 3.63) is 23.7 Å². The van der Waals surface area contributed by atoms with Gasteiger partial charge in [-0.2, -0.15) is 0 Å². The van der Waals surface area contributed by atoms with Gasteiger partial charge in [-0.1, -0.05) is 13.8 Å². The molecule has 16 heavy (non-hydrogen) atoms. The quantitative estimate of drug-likeness (QED) is 0.697. The summed E-state index contributed by atoms with van der Waals surface area (Å²) < 4.78 is 10.3. The zero-order chi connectivity index (χ0) is 12.0. The summed E-state index contributed by atoms with van der Waals surface area (Å²) in [5.41, 5.74) is 0. The molecule has 0 N–H and O–H groups in total. The minimum Gasteiger partial charge on any atom is -0.460 e. The number of carbonyl (C=O) groups excluding carboxylic acids is 1. The van der Waals surface area contributed by atoms with E-state index in [4.69, 9.17) is 9.15 Å². The summed E-state index contributed by atoms with van der Waals surface area (Å²) in [4.78, 5) is 13.6. The number of ether oxygens (including phenoxy) is 1. The van der Waals surface area contributed by atoms with E-state index in [1.165, 1.54) is 0 Å². The lowest BCUT2D eigenvalue weighted by atomic mass is 10.4. The molecule has 4 heteroatoms. The molecule has 0 aliphatic carbocycles. The van der Waals surface area contributed by atoms with Crippen LogP contribution in [0.25, 0.3) is 0 Å². The molecule has 90 valence electrons. The fourth-order valence-corrected chi connectivity index (χ4v) is 1.44. The number of esters is 1. The maximum absolute atomic E-state index is 11.4. The molecule has 1 aromatic rings. The van der Waals surface area contributed by atoms with Gasteiger partial charge < -0.3 is 9.15 Å². The Bertz CT molecular complexity index is 329. The van der Waals surface area contributed by atoms with E-state index in [-0.39, 0.29) is 5.76 Å². The zero-order valence-electron chi connectivity index (χ0n) is 10.2. The monoisotopic (exact) mass is 225 g/mol. The first-order valence-electron chi connectivity index (χ1n) is 5.69. The van der Waals surface area contributed by atoms with Crippen LogP contribution in [-0.2, 0) is 11.3 Å². The highest BCUT2D eigenvalue weighted by Gasteiger charge is 2.12. The van der Waals surface area contributed by atoms with Crippen LogP contribution in [-0.4, -0.2) is 30.6 Å². The molecule has 0 bridgehead atoms. The Hall–Kier alpha value is -1.29. The second-order valence-electron chi connectivity index (χ2n) is 3.45. The van der Waals surface area contributed by atoms with Crippen molar-refractivity contribution in [2.45, 2.75) is 27.3 Å². The normalized spacial score (nSPS) is 10.8. The number of carbonyl (C=O) groups is 1. The molecule has 0 saturated carbocycles. The Labute approximate surface area is 96.2 Å². The second-order valence-corrected chi connectivity index (χ2v) is 3.45. The SMILES string of the molecule is CCOC(=O)c1ccc(CN(CC)CC)o1. The average Bonchev–Trinajstić information content (AvgIpc) is 2.74. The largest absolute Gasteiger partial charge is 0.460 e. The Morgan fingerprint density at radius 3 is 2.56 bits per heavy atom. The lowest BCUT2D eigenvalue weighted by molar-refractivity contribution is 0.0486. The van der Waals surface area contributed by atoms with Gasteiger partial charge in [-0.15, -0.1) is 0 Å². The van der Waals surface area contributed by atoms with Crippen molar-refractivity contribution >= 4 is 5.97 Å². The van der Waals surface area contributed by atoms with Crippen molar-refractivity contribution in [3.8, 4) is 0 Å². The van der Waals surface area contributed by atoms with Crippen molar-refractivity contribution in [1.29, 1.82) is 0 Å². The Kier molecular flexibility index (Phi) is 5.05. The maximum atomic E-state index is 11.4. The van der Waals surface area contributed by atoms with E-state index in [1.807, 2.05) is 6.07 Å². The molecule has 0 unspecified atom stereocenters. The molecule has 4 nitrogen and oxygen atoms in total. The van der Waals surface area contributed by atoms with E-state index in [9.17, 15) is 4.79 Å². The molecule has 0 saturated heterocycles. The van der Waals surface area contributed by atoms with Gasteiger partial charge in [-0.25, -0.2) is 4.79 Å². The topological polar surface area (TPSA) is 42.7 Å². The molecule has 1 heterocycles. The summed E-state index contributed by atoms with van der Waals surface area (Å²) in [6.07, 6.45) is 0. The van der Waals surface area contributed by atoms with Gasteiger partial charge in [0, 0.05) is 0 Å². The first kappa shape index (κ1) is 12.8. The van der Waals surface area contributed by atoms with E-state index in [1.54, 1.807) is 13.0 Å². The standard InChI is InChI=1S/C12H19NO3/c1-4-13(5-2)9-10-7-8-11(16-10)12(14)15-6-3/h7-8H,4-6,9H2,1-3H3. The Morgan fingerprint density at radius 2 is 2.00 bits per heavy atom. The first-order chi connectivity index (χ1) is 7.71. The minimum absolute atomic E-state index is 0.281. The van der Waals surface area contributed by atoms with E-state index < -0.39 is 5.97 Å². The van der Waals surface area contributed by atoms with Crippen molar-refractivity contribution in [3.63, 3.8) is 0 Å². The molecule has 0 fully saturated rings. The second kappa shape index (κ2) is 6.33. The van der Waals surface area contributed by atoms with Crippen LogP contribution in [0.5, 0.6) is 0 Å². The third-order valence-corrected chi connectivity index (χ3v) is 2.41. The van der Waals surface area contributed by atoms with Gasteiger partial charge >= 0.3 is 5.97 Å². The van der Waals surface area contributed by atoms with E-state index >= 15 is 0 Å². The highest BCUT2D eigenvalue weighted by atomic mass is 16.5. The van der Waals surface area contributed by atoms with Crippen molar-refractivity contribution < 1.29 is 13.9 Å². The van der Waals surface area contributed by atoms with Crippen molar-refractivity contribution in [1.82, 2.24) is 4.90 Å². The number of hydrogen-bond acceptors (Lipinski definition) is 4. The third kappa shape index (κ3) is 3.38. The van der Waals surface area contributed by atoms with E-state index in [0.29, 0.717) is 6.61 Å². The molecule has 0 amide bonds. The number of hydrogen-bond donors (Lipinski definition) is 0. The molecular formula is C12H19NO3. The van der Waals surface area contributed by atoms with Crippen LogP contribution in [0.2, 0.25) is 0 Å². The predicted molar refractivity (Wildman–Crippen MR) is 61.3 cm³/mol. The van der Waals surface area contributed by atoms with Crippen LogP contribution >= 0.6 is 0 Å². The van der Waals surface area contributed by atoms with Gasteiger partial charge in [0.25, 0.3) is 0 Å². The van der Waals surface area contributed by atoms with Gasteiger partial charge in [-0.3, -0.25) is 4.90 Å². The molecule has 0 aromatic carbocycles. The fraction of sp³-hybridized carbons (Fsp3) is 0.583. The summed E-state index contributed by atoms with van der Waals surface area (Å²) in [6.45, 7) is 8.99. The van der Waals surface area contributed by atoms with Gasteiger partial charge in [0.15, 0.2) is 0 Å². The van der Waals surface area contributed by atoms with Crippen molar-refractivity contribution in [2.24, 2.45) is 0 Å². The molecule has 0 aliphatic heterocycles. The predicted octanol–water partition coefficient (Wildman–Crippen LogP) is 2.30. The highest BCUT2D eigenvalue weighted by molar-refractivity contribution is 5.86. The van der Waals surface area contributed by atoms with E-state index in [0.717, 1.165) is 25.4 Å². The molecule has 0 spiro atoms. The first-order valence-corrected chi connectivity index (χ1v) is 5.69. The summed E-state index contributed by atoms with van der Waals surface area (Å²) in [6, 6.07) is 3.49. The molecule has 1 aromatic heterocycles. The van der Waals surface area contributed by atoms with Crippen LogP contribution < -0.4 is 0 Å². The van der Waals surface area contributed by atoms with Crippen LogP contribution in [0.1, 0.15) is 37.1 Å². The van der Waals surface area contributed by atoms with Gasteiger partial charge in [0.1, 0.15) is 5.76 Å². The Morgan fingerprint density at radius 1 is 1.31 bits per heavy atom. The lowest BCUT2D eigenvalue weighted by Crippen LogP contribution is -2.21. The average molecular weight is 225 g/mol. The molecule has 0 atom stereocenters. The molecule has 0 aliphatic rings. The van der Waals surface area contributed by atoms with Gasteiger partial charge in [-0.05, 0) is 32.1 Å². The van der Waals surface area contributed by atoms with E-state index in [2.05, 4.69) is 18.7 Å². The summed E-state index contributed by atoms with van der Waals surface area (Å²) in [5, 5.41) is 0. The number of nitrogens with zero attached hydrogens (tertiary/aromatic N) is 1. The summed E-state index contributed by atoms with van der Waals surface area (Å²) in [5.74, 6) is 0.684. The lowest BCUT2D eigenvalue weighted by Gasteiger charge is -2.15. The fourth-order valence-electron chi connectivity index (χ4n) is 1.44. The molecule has 0 radical (unpaired) electrons. The van der Waals surface area contributed by atoms with Gasteiger partial charge in [0.2, 0.25) is 5.76 Å². The van der Waals surface area contributed by atoms with Crippen LogP contribution in [0, 0.1) is 0 Å². The van der Waals surface area contributed by atoms with Gasteiger partial charge in [0.05, 0.1) is 13.2 Å². The summed E-state index contributed by atoms with van der Waals surface area (Å²) in [7, 11) is 0. The van der Waals surface area contributed by atoms with Crippen molar-refractivity contribution in [2.75, 3.05) is 19.7 Å². The van der Waals surface area contributed by atoms with Crippen LogP contribution in [0.4, 0.5) is 0 Å². The number of rotatable bonds is 6. The smallest absolute Gasteiger partial charge is 0.374 e. The summed E-state index contributed by atoms with van der Waals surface area (Å²) >= 11 is 0. The molecular weight excluding hydrogens is 206 g/mol. The Balaban J connectivity index is 2.60. The van der Waals surface area contributed by atoms with Crippen LogP contribution in [0.15, 0.2) is 16.5 Å². The highest BCUT2D eigenvalue weighted by Crippen LogP contribution is 2.11. The third-order valence-electron chi connectivity index (χ3n) is 2.41. The zero-order valence-corrected chi connectivity index (χ0v) is 10.2. The maximum Gasteiger partial charge on any atom is 0.374 e. The van der Waals surface area contributed by atoms with Crippen LogP contribution in [0.3, 0.4) is 0 Å². The molecule has 1 rings (SSSR count).